The van der Waals surface area contributed by atoms with E-state index in [-0.39, 0.29) is 0 Å². The third-order valence-electron chi connectivity index (χ3n) is 4.37. The van der Waals surface area contributed by atoms with Crippen LogP contribution in [0.5, 0.6) is 11.5 Å². The van der Waals surface area contributed by atoms with Crippen LogP contribution in [0.25, 0.3) is 0 Å². The molecule has 0 aliphatic carbocycles. The van der Waals surface area contributed by atoms with E-state index in [4.69, 9.17) is 16.3 Å². The van der Waals surface area contributed by atoms with Gasteiger partial charge >= 0.3 is 0 Å². The molecule has 122 valence electrons. The lowest BCUT2D eigenvalue weighted by Crippen LogP contribution is -3.13. The quantitative estimate of drug-likeness (QED) is 0.898. The molecule has 0 amide bonds. The number of hydrogen-bond donors (Lipinski definition) is 2. The van der Waals surface area contributed by atoms with E-state index in [1.807, 2.05) is 30.3 Å². The number of nitrogens with zero attached hydrogens (tertiary/aromatic N) is 1. The van der Waals surface area contributed by atoms with Gasteiger partial charge in [0.15, 0.2) is 0 Å². The molecule has 0 aromatic heterocycles. The van der Waals surface area contributed by atoms with Crippen molar-refractivity contribution >= 4 is 17.3 Å². The number of piperazine rings is 1. The summed E-state index contributed by atoms with van der Waals surface area (Å²) in [5, 5.41) is 10.1. The first-order valence-electron chi connectivity index (χ1n) is 7.85. The van der Waals surface area contributed by atoms with Gasteiger partial charge in [-0.1, -0.05) is 11.6 Å². The Morgan fingerprint density at radius 3 is 2.48 bits per heavy atom. The van der Waals surface area contributed by atoms with Gasteiger partial charge in [-0.15, -0.1) is 0 Å². The molecule has 1 fully saturated rings. The van der Waals surface area contributed by atoms with E-state index >= 15 is 0 Å². The van der Waals surface area contributed by atoms with Gasteiger partial charge in [0.1, 0.15) is 18.0 Å². The van der Waals surface area contributed by atoms with E-state index in [9.17, 15) is 5.11 Å². The molecular weight excluding hydrogens is 312 g/mol. The Kier molecular flexibility index (Phi) is 4.94. The van der Waals surface area contributed by atoms with Crippen molar-refractivity contribution in [3.63, 3.8) is 0 Å². The Morgan fingerprint density at radius 1 is 1.13 bits per heavy atom. The van der Waals surface area contributed by atoms with Gasteiger partial charge in [0.25, 0.3) is 0 Å². The van der Waals surface area contributed by atoms with Crippen LogP contribution in [0.3, 0.4) is 0 Å². The third-order valence-corrected chi connectivity index (χ3v) is 4.60. The molecule has 23 heavy (non-hydrogen) atoms. The first-order valence-corrected chi connectivity index (χ1v) is 8.23. The summed E-state index contributed by atoms with van der Waals surface area (Å²) in [5.41, 5.74) is 2.33. The van der Waals surface area contributed by atoms with E-state index in [1.54, 1.807) is 19.2 Å². The summed E-state index contributed by atoms with van der Waals surface area (Å²) in [6.45, 7) is 5.06. The van der Waals surface area contributed by atoms with E-state index in [2.05, 4.69) is 4.90 Å². The second-order valence-corrected chi connectivity index (χ2v) is 6.32. The van der Waals surface area contributed by atoms with Crippen LogP contribution in [-0.4, -0.2) is 38.4 Å². The zero-order valence-electron chi connectivity index (χ0n) is 13.3. The van der Waals surface area contributed by atoms with E-state index in [0.717, 1.165) is 49.1 Å². The largest absolute Gasteiger partial charge is 0.508 e. The van der Waals surface area contributed by atoms with Gasteiger partial charge < -0.3 is 19.6 Å². The number of quaternary nitrogens is 1. The van der Waals surface area contributed by atoms with Crippen molar-refractivity contribution in [2.24, 2.45) is 0 Å². The molecule has 0 spiro atoms. The number of hydrogen-bond acceptors (Lipinski definition) is 3. The van der Waals surface area contributed by atoms with Crippen LogP contribution in [0.4, 0.5) is 5.69 Å². The minimum Gasteiger partial charge on any atom is -0.508 e. The van der Waals surface area contributed by atoms with Gasteiger partial charge in [-0.05, 0) is 42.5 Å². The van der Waals surface area contributed by atoms with Crippen molar-refractivity contribution in [2.45, 2.75) is 6.54 Å². The maximum Gasteiger partial charge on any atom is 0.127 e. The molecule has 5 heteroatoms. The highest BCUT2D eigenvalue weighted by molar-refractivity contribution is 6.30. The highest BCUT2D eigenvalue weighted by Crippen LogP contribution is 2.22. The van der Waals surface area contributed by atoms with Crippen LogP contribution >= 0.6 is 11.6 Å². The zero-order valence-corrected chi connectivity index (χ0v) is 14.0. The average Bonchev–Trinajstić information content (AvgIpc) is 2.57. The third kappa shape index (κ3) is 3.89. The summed E-state index contributed by atoms with van der Waals surface area (Å²) in [7, 11) is 1.70. The van der Waals surface area contributed by atoms with Crippen LogP contribution < -0.4 is 14.5 Å². The Balaban J connectivity index is 1.61. The number of nitrogens with one attached hydrogen (secondary N) is 1. The van der Waals surface area contributed by atoms with Crippen molar-refractivity contribution in [3.8, 4) is 11.5 Å². The molecule has 2 aromatic carbocycles. The minimum absolute atomic E-state index is 0.311. The van der Waals surface area contributed by atoms with Crippen molar-refractivity contribution in [1.82, 2.24) is 0 Å². The molecule has 0 saturated carbocycles. The summed E-state index contributed by atoms with van der Waals surface area (Å²) in [6.07, 6.45) is 0. The van der Waals surface area contributed by atoms with Crippen molar-refractivity contribution in [2.75, 3.05) is 38.2 Å². The number of halogens is 1. The molecule has 2 aromatic rings. The fraction of sp³-hybridized carbons (Fsp3) is 0.333. The van der Waals surface area contributed by atoms with Gasteiger partial charge in [-0.2, -0.15) is 0 Å². The lowest BCUT2D eigenvalue weighted by atomic mass is 10.1. The number of anilines is 1. The molecule has 4 nitrogen and oxygen atoms in total. The molecule has 3 rings (SSSR count). The van der Waals surface area contributed by atoms with Crippen LogP contribution in [-0.2, 0) is 6.54 Å². The molecular formula is C18H22ClN2O2+. The first kappa shape index (κ1) is 16.0. The van der Waals surface area contributed by atoms with Crippen molar-refractivity contribution in [1.29, 1.82) is 0 Å². The van der Waals surface area contributed by atoms with Crippen molar-refractivity contribution in [3.05, 3.63) is 53.1 Å². The molecule has 0 radical (unpaired) electrons. The van der Waals surface area contributed by atoms with Crippen molar-refractivity contribution < 1.29 is 14.7 Å². The lowest BCUT2D eigenvalue weighted by molar-refractivity contribution is -0.914. The summed E-state index contributed by atoms with van der Waals surface area (Å²) >= 11 is 6.11. The molecule has 1 aliphatic heterocycles. The van der Waals surface area contributed by atoms with E-state index < -0.39 is 0 Å². The topological polar surface area (TPSA) is 37.1 Å². The molecule has 1 heterocycles. The maximum absolute atomic E-state index is 9.39. The summed E-state index contributed by atoms with van der Waals surface area (Å²) in [6, 6.07) is 13.2. The predicted octanol–water partition coefficient (Wildman–Crippen LogP) is 1.96. The Bertz CT molecular complexity index is 653. The Hall–Kier alpha value is -1.91. The normalized spacial score (nSPS) is 15.7. The standard InChI is InChI=1S/C18H21ClN2O2/c1-23-18-7-2-15(19)12-14(18)13-20-8-10-21(11-9-20)16-3-5-17(22)6-4-16/h2-7,12,22H,8-11,13H2,1H3/p+1. The minimum atomic E-state index is 0.311. The average molecular weight is 334 g/mol. The zero-order chi connectivity index (χ0) is 16.2. The number of ether oxygens (including phenoxy) is 1. The first-order chi connectivity index (χ1) is 11.2. The van der Waals surface area contributed by atoms with Gasteiger partial charge in [-0.25, -0.2) is 0 Å². The summed E-state index contributed by atoms with van der Waals surface area (Å²) < 4.78 is 5.44. The second-order valence-electron chi connectivity index (χ2n) is 5.89. The molecule has 2 N–H and O–H groups in total. The second kappa shape index (κ2) is 7.11. The van der Waals surface area contributed by atoms with Gasteiger partial charge in [-0.3, -0.25) is 0 Å². The predicted molar refractivity (Wildman–Crippen MR) is 92.7 cm³/mol. The number of rotatable bonds is 4. The highest BCUT2D eigenvalue weighted by atomic mass is 35.5. The van der Waals surface area contributed by atoms with Gasteiger partial charge in [0.05, 0.1) is 33.3 Å². The van der Waals surface area contributed by atoms with E-state index in [1.165, 1.54) is 10.6 Å². The smallest absolute Gasteiger partial charge is 0.127 e. The maximum atomic E-state index is 9.39. The van der Waals surface area contributed by atoms with Crippen LogP contribution in [0, 0.1) is 0 Å². The molecule has 0 atom stereocenters. The summed E-state index contributed by atoms with van der Waals surface area (Å²) in [5.74, 6) is 1.22. The van der Waals surface area contributed by atoms with Gasteiger partial charge in [0, 0.05) is 16.3 Å². The van der Waals surface area contributed by atoms with E-state index in [0.29, 0.717) is 5.75 Å². The SMILES string of the molecule is COc1ccc(Cl)cc1C[NH+]1CCN(c2ccc(O)cc2)CC1. The number of phenolic OH excluding ortho intramolecular Hbond substituents is 1. The molecule has 0 bridgehead atoms. The van der Waals surface area contributed by atoms with Crippen LogP contribution in [0.2, 0.25) is 5.02 Å². The molecule has 1 saturated heterocycles. The fourth-order valence-corrected chi connectivity index (χ4v) is 3.27. The number of phenols is 1. The number of benzene rings is 2. The highest BCUT2D eigenvalue weighted by Gasteiger charge is 2.21. The lowest BCUT2D eigenvalue weighted by Gasteiger charge is -2.33. The Labute approximate surface area is 141 Å². The van der Waals surface area contributed by atoms with Crippen LogP contribution in [0.1, 0.15) is 5.56 Å². The Morgan fingerprint density at radius 2 is 1.83 bits per heavy atom. The number of aromatic hydroxyl groups is 1. The summed E-state index contributed by atoms with van der Waals surface area (Å²) in [4.78, 5) is 3.89. The van der Waals surface area contributed by atoms with Crippen LogP contribution in [0.15, 0.2) is 42.5 Å². The monoisotopic (exact) mass is 333 g/mol. The molecule has 0 unspecified atom stereocenters. The van der Waals surface area contributed by atoms with Gasteiger partial charge in [0.2, 0.25) is 0 Å². The molecule has 1 aliphatic rings. The fourth-order valence-electron chi connectivity index (χ4n) is 3.08. The number of methoxy groups -OCH3 is 1.